The fourth-order valence-electron chi connectivity index (χ4n) is 1.15. The Morgan fingerprint density at radius 2 is 1.89 bits per heavy atom. The number of nitrogens with two attached hydrogens (primary N) is 1. The van der Waals surface area contributed by atoms with Crippen molar-refractivity contribution in [2.45, 2.75) is 6.92 Å². The second-order valence-electron chi connectivity index (χ2n) is 3.83. The largest absolute Gasteiger partial charge is 0.484 e. The van der Waals surface area contributed by atoms with E-state index < -0.39 is 23.7 Å². The van der Waals surface area contributed by atoms with Gasteiger partial charge in [-0.1, -0.05) is 0 Å². The normalized spacial score (nSPS) is 11.4. The summed E-state index contributed by atoms with van der Waals surface area (Å²) in [6, 6.07) is 6.12. The van der Waals surface area contributed by atoms with Crippen LogP contribution in [0.4, 0.5) is 5.69 Å². The van der Waals surface area contributed by atoms with Crippen molar-refractivity contribution in [3.63, 3.8) is 0 Å². The Morgan fingerprint density at radius 1 is 1.32 bits per heavy atom. The molecule has 0 aliphatic rings. The second kappa shape index (κ2) is 6.39. The molecule has 4 N–H and O–H groups in total. The second-order valence-corrected chi connectivity index (χ2v) is 3.83. The smallest absolute Gasteiger partial charge is 0.315 e. The highest BCUT2D eigenvalue weighted by Gasteiger charge is 2.20. The number of carbonyl (C=O) groups excluding carboxylic acids is 2. The molecule has 19 heavy (non-hydrogen) atoms. The first-order valence-corrected chi connectivity index (χ1v) is 5.45. The van der Waals surface area contributed by atoms with E-state index in [1.165, 1.54) is 31.2 Å². The first-order valence-electron chi connectivity index (χ1n) is 5.45. The van der Waals surface area contributed by atoms with Crippen molar-refractivity contribution in [2.24, 2.45) is 11.7 Å². The molecule has 1 unspecified atom stereocenters. The molecule has 7 nitrogen and oxygen atoms in total. The molecule has 0 radical (unpaired) electrons. The number of nitrogens with one attached hydrogen (secondary N) is 1. The quantitative estimate of drug-likeness (QED) is 0.636. The molecule has 102 valence electrons. The van der Waals surface area contributed by atoms with Crippen LogP contribution in [0.15, 0.2) is 24.3 Å². The first kappa shape index (κ1) is 14.5. The van der Waals surface area contributed by atoms with E-state index in [1.807, 2.05) is 0 Å². The van der Waals surface area contributed by atoms with Crippen LogP contribution in [0.2, 0.25) is 0 Å². The highest BCUT2D eigenvalue weighted by Crippen LogP contribution is 2.16. The standard InChI is InChI=1S/C12H14N2O5/c1-7(12(17)18)11(16)14-8-2-4-9(5-3-8)19-6-10(13)15/h2-5,7H,6H2,1H3,(H2,13,15)(H,14,16)(H,17,18). The van der Waals surface area contributed by atoms with E-state index in [0.29, 0.717) is 11.4 Å². The Morgan fingerprint density at radius 3 is 2.37 bits per heavy atom. The summed E-state index contributed by atoms with van der Waals surface area (Å²) in [6.07, 6.45) is 0. The number of carboxylic acid groups (broad SMARTS) is 1. The third kappa shape index (κ3) is 4.66. The average Bonchev–Trinajstić information content (AvgIpc) is 2.36. The Labute approximate surface area is 109 Å². The van der Waals surface area contributed by atoms with E-state index >= 15 is 0 Å². The molecule has 0 saturated carbocycles. The minimum absolute atomic E-state index is 0.234. The van der Waals surface area contributed by atoms with Gasteiger partial charge in [0.2, 0.25) is 5.91 Å². The van der Waals surface area contributed by atoms with Gasteiger partial charge in [-0.15, -0.1) is 0 Å². The van der Waals surface area contributed by atoms with Crippen LogP contribution < -0.4 is 15.8 Å². The lowest BCUT2D eigenvalue weighted by atomic mass is 10.1. The van der Waals surface area contributed by atoms with Gasteiger partial charge in [0, 0.05) is 5.69 Å². The Bertz CT molecular complexity index is 483. The van der Waals surface area contributed by atoms with E-state index in [1.54, 1.807) is 0 Å². The van der Waals surface area contributed by atoms with E-state index in [4.69, 9.17) is 15.6 Å². The summed E-state index contributed by atoms with van der Waals surface area (Å²) in [6.45, 7) is 1.06. The van der Waals surface area contributed by atoms with Crippen LogP contribution in [-0.4, -0.2) is 29.5 Å². The fraction of sp³-hybridized carbons (Fsp3) is 0.250. The minimum atomic E-state index is -1.20. The molecule has 0 aromatic heterocycles. The lowest BCUT2D eigenvalue weighted by molar-refractivity contribution is -0.144. The van der Waals surface area contributed by atoms with Crippen molar-refractivity contribution < 1.29 is 24.2 Å². The van der Waals surface area contributed by atoms with Gasteiger partial charge >= 0.3 is 5.97 Å². The maximum Gasteiger partial charge on any atom is 0.315 e. The number of aliphatic carboxylic acids is 1. The predicted octanol–water partition coefficient (Wildman–Crippen LogP) is 0.210. The zero-order valence-electron chi connectivity index (χ0n) is 10.3. The molecule has 1 aromatic carbocycles. The summed E-state index contributed by atoms with van der Waals surface area (Å²) in [7, 11) is 0. The predicted molar refractivity (Wildman–Crippen MR) is 66.6 cm³/mol. The minimum Gasteiger partial charge on any atom is -0.484 e. The van der Waals surface area contributed by atoms with E-state index in [-0.39, 0.29) is 6.61 Å². The number of carbonyl (C=O) groups is 3. The van der Waals surface area contributed by atoms with E-state index in [2.05, 4.69) is 5.32 Å². The molecular formula is C12H14N2O5. The fourth-order valence-corrected chi connectivity index (χ4v) is 1.15. The molecule has 1 aromatic rings. The van der Waals surface area contributed by atoms with Gasteiger partial charge in [-0.2, -0.15) is 0 Å². The molecule has 0 heterocycles. The van der Waals surface area contributed by atoms with Crippen molar-refractivity contribution in [3.05, 3.63) is 24.3 Å². The van der Waals surface area contributed by atoms with Crippen LogP contribution in [0.3, 0.4) is 0 Å². The molecule has 2 amide bonds. The Balaban J connectivity index is 2.59. The van der Waals surface area contributed by atoms with E-state index in [9.17, 15) is 14.4 Å². The molecule has 0 bridgehead atoms. The number of primary amides is 1. The molecule has 0 aliphatic heterocycles. The maximum absolute atomic E-state index is 11.5. The first-order chi connectivity index (χ1) is 8.90. The lowest BCUT2D eigenvalue weighted by Crippen LogP contribution is -2.26. The molecule has 0 aliphatic carbocycles. The number of ether oxygens (including phenoxy) is 1. The van der Waals surface area contributed by atoms with Gasteiger partial charge in [0.15, 0.2) is 6.61 Å². The Kier molecular flexibility index (Phi) is 4.87. The molecule has 7 heteroatoms. The zero-order chi connectivity index (χ0) is 14.4. The Hall–Kier alpha value is -2.57. The number of hydrogen-bond donors (Lipinski definition) is 3. The molecular weight excluding hydrogens is 252 g/mol. The number of benzene rings is 1. The van der Waals surface area contributed by atoms with Crippen LogP contribution in [-0.2, 0) is 14.4 Å². The number of rotatable bonds is 6. The third-order valence-electron chi connectivity index (χ3n) is 2.27. The highest BCUT2D eigenvalue weighted by molar-refractivity contribution is 6.03. The number of anilines is 1. The lowest BCUT2D eigenvalue weighted by Gasteiger charge is -2.09. The molecule has 1 atom stereocenters. The van der Waals surface area contributed by atoms with Gasteiger partial charge in [-0.05, 0) is 31.2 Å². The van der Waals surface area contributed by atoms with Gasteiger partial charge in [0.25, 0.3) is 5.91 Å². The van der Waals surface area contributed by atoms with Gasteiger partial charge in [0.05, 0.1) is 0 Å². The van der Waals surface area contributed by atoms with Crippen LogP contribution in [0.1, 0.15) is 6.92 Å². The van der Waals surface area contributed by atoms with Gasteiger partial charge in [-0.3, -0.25) is 14.4 Å². The van der Waals surface area contributed by atoms with Crippen molar-refractivity contribution in [1.82, 2.24) is 0 Å². The number of carboxylic acids is 1. The van der Waals surface area contributed by atoms with Crippen molar-refractivity contribution in [3.8, 4) is 5.75 Å². The summed E-state index contributed by atoms with van der Waals surface area (Å²) in [4.78, 5) is 32.6. The van der Waals surface area contributed by atoms with Crippen molar-refractivity contribution >= 4 is 23.5 Å². The third-order valence-corrected chi connectivity index (χ3v) is 2.27. The topological polar surface area (TPSA) is 119 Å². The van der Waals surface area contributed by atoms with Gasteiger partial charge < -0.3 is 20.9 Å². The van der Waals surface area contributed by atoms with Crippen molar-refractivity contribution in [2.75, 3.05) is 11.9 Å². The van der Waals surface area contributed by atoms with Crippen LogP contribution in [0.5, 0.6) is 5.75 Å². The summed E-state index contributed by atoms with van der Waals surface area (Å²) >= 11 is 0. The highest BCUT2D eigenvalue weighted by atomic mass is 16.5. The van der Waals surface area contributed by atoms with Gasteiger partial charge in [-0.25, -0.2) is 0 Å². The average molecular weight is 266 g/mol. The summed E-state index contributed by atoms with van der Waals surface area (Å²) < 4.78 is 5.03. The summed E-state index contributed by atoms with van der Waals surface area (Å²) in [5.41, 5.74) is 5.36. The van der Waals surface area contributed by atoms with Crippen molar-refractivity contribution in [1.29, 1.82) is 0 Å². The monoisotopic (exact) mass is 266 g/mol. The summed E-state index contributed by atoms with van der Waals surface area (Å²) in [5.74, 6) is -3.11. The maximum atomic E-state index is 11.5. The summed E-state index contributed by atoms with van der Waals surface area (Å²) in [5, 5.41) is 11.1. The molecule has 0 saturated heterocycles. The number of amides is 2. The van der Waals surface area contributed by atoms with Crippen LogP contribution in [0.25, 0.3) is 0 Å². The van der Waals surface area contributed by atoms with Gasteiger partial charge in [0.1, 0.15) is 11.7 Å². The van der Waals surface area contributed by atoms with E-state index in [0.717, 1.165) is 0 Å². The zero-order valence-corrected chi connectivity index (χ0v) is 10.3. The van der Waals surface area contributed by atoms with Crippen LogP contribution >= 0.6 is 0 Å². The molecule has 0 spiro atoms. The number of hydrogen-bond acceptors (Lipinski definition) is 4. The molecule has 0 fully saturated rings. The SMILES string of the molecule is CC(C(=O)O)C(=O)Nc1ccc(OCC(N)=O)cc1. The molecule has 1 rings (SSSR count). The van der Waals surface area contributed by atoms with Crippen LogP contribution in [0, 0.1) is 5.92 Å².